The normalized spacial score (nSPS) is 24.2. The Bertz CT molecular complexity index is 1010. The van der Waals surface area contributed by atoms with E-state index in [1.54, 1.807) is 18.2 Å². The van der Waals surface area contributed by atoms with E-state index in [4.69, 9.17) is 23.1 Å². The second kappa shape index (κ2) is 12.6. The van der Waals surface area contributed by atoms with Gasteiger partial charge in [0.25, 0.3) is 10.1 Å². The Kier molecular flexibility index (Phi) is 10.2. The van der Waals surface area contributed by atoms with Crippen molar-refractivity contribution in [3.63, 3.8) is 0 Å². The zero-order valence-electron chi connectivity index (χ0n) is 19.8. The van der Waals surface area contributed by atoms with Crippen molar-refractivity contribution in [2.45, 2.75) is 69.5 Å². The molecule has 35 heavy (non-hydrogen) atoms. The summed E-state index contributed by atoms with van der Waals surface area (Å²) in [7, 11) is -4.06. The summed E-state index contributed by atoms with van der Waals surface area (Å²) in [4.78, 5) is 46.9. The fourth-order valence-corrected chi connectivity index (χ4v) is 4.54. The van der Waals surface area contributed by atoms with Crippen molar-refractivity contribution in [3.05, 3.63) is 30.3 Å². The average Bonchev–Trinajstić information content (AvgIpc) is 2.76. The zero-order chi connectivity index (χ0) is 26.2. The molecule has 1 heterocycles. The molecule has 1 aliphatic heterocycles. The molecule has 1 amide bonds. The summed E-state index contributed by atoms with van der Waals surface area (Å²) >= 11 is 0. The van der Waals surface area contributed by atoms with Crippen molar-refractivity contribution in [2.75, 3.05) is 13.2 Å². The highest BCUT2D eigenvalue weighted by Gasteiger charge is 2.50. The van der Waals surface area contributed by atoms with Crippen LogP contribution in [0.15, 0.2) is 35.2 Å². The summed E-state index contributed by atoms with van der Waals surface area (Å²) < 4.78 is 51.7. The van der Waals surface area contributed by atoms with Gasteiger partial charge in [0.15, 0.2) is 12.2 Å². The number of carbonyl (C=O) groups is 4. The van der Waals surface area contributed by atoms with Crippen LogP contribution in [-0.4, -0.2) is 75.9 Å². The van der Waals surface area contributed by atoms with Gasteiger partial charge in [0.05, 0.1) is 23.6 Å². The molecule has 1 aromatic carbocycles. The molecule has 0 unspecified atom stereocenters. The van der Waals surface area contributed by atoms with Gasteiger partial charge in [-0.05, 0) is 12.1 Å². The van der Waals surface area contributed by atoms with Crippen LogP contribution < -0.4 is 5.32 Å². The maximum atomic E-state index is 12.4. The molecule has 1 saturated heterocycles. The number of carbonyl (C=O) groups excluding carboxylic acids is 4. The van der Waals surface area contributed by atoms with Gasteiger partial charge in [0.2, 0.25) is 5.91 Å². The van der Waals surface area contributed by atoms with Crippen molar-refractivity contribution in [1.82, 2.24) is 5.32 Å². The number of rotatable bonds is 10. The van der Waals surface area contributed by atoms with Crippen molar-refractivity contribution >= 4 is 33.9 Å². The third kappa shape index (κ3) is 8.60. The van der Waals surface area contributed by atoms with E-state index in [-0.39, 0.29) is 24.5 Å². The van der Waals surface area contributed by atoms with Crippen LogP contribution in [0.25, 0.3) is 0 Å². The Hall–Kier alpha value is -3.03. The Morgan fingerprint density at radius 3 is 2.03 bits per heavy atom. The van der Waals surface area contributed by atoms with Gasteiger partial charge < -0.3 is 24.3 Å². The summed E-state index contributed by atoms with van der Waals surface area (Å²) in [6.07, 6.45) is -4.55. The predicted molar refractivity (Wildman–Crippen MR) is 118 cm³/mol. The van der Waals surface area contributed by atoms with Crippen LogP contribution in [0.2, 0.25) is 0 Å². The monoisotopic (exact) mass is 515 g/mol. The van der Waals surface area contributed by atoms with E-state index in [0.717, 1.165) is 13.8 Å². The first-order valence-corrected chi connectivity index (χ1v) is 12.2. The lowest BCUT2D eigenvalue weighted by atomic mass is 9.90. The molecule has 13 heteroatoms. The summed E-state index contributed by atoms with van der Waals surface area (Å²) in [5, 5.41) is 2.61. The number of hydrogen-bond acceptors (Lipinski definition) is 11. The highest BCUT2D eigenvalue weighted by atomic mass is 32.2. The van der Waals surface area contributed by atoms with Gasteiger partial charge in [-0.3, -0.25) is 23.4 Å². The lowest BCUT2D eigenvalue weighted by Gasteiger charge is -2.45. The Labute approximate surface area is 203 Å². The molecule has 2 rings (SSSR count). The summed E-state index contributed by atoms with van der Waals surface area (Å²) in [6, 6.07) is 6.48. The van der Waals surface area contributed by atoms with Gasteiger partial charge in [-0.15, -0.1) is 0 Å². The van der Waals surface area contributed by atoms with E-state index >= 15 is 0 Å². The maximum absolute atomic E-state index is 12.4. The molecule has 5 atom stereocenters. The average molecular weight is 516 g/mol. The summed E-state index contributed by atoms with van der Waals surface area (Å²) in [5.41, 5.74) is 0. The van der Waals surface area contributed by atoms with Gasteiger partial charge in [0.1, 0.15) is 12.7 Å². The molecule has 0 aliphatic carbocycles. The van der Waals surface area contributed by atoms with Gasteiger partial charge in [0, 0.05) is 34.1 Å². The van der Waals surface area contributed by atoms with E-state index in [1.807, 2.05) is 0 Å². The Morgan fingerprint density at radius 2 is 1.49 bits per heavy atom. The minimum Gasteiger partial charge on any atom is -0.463 e. The number of ether oxygens (including phenoxy) is 4. The molecular weight excluding hydrogens is 486 g/mol. The van der Waals surface area contributed by atoms with Gasteiger partial charge in [-0.2, -0.15) is 8.42 Å². The highest BCUT2D eigenvalue weighted by Crippen LogP contribution is 2.29. The molecule has 1 N–H and O–H groups in total. The number of hydrogen-bond donors (Lipinski definition) is 1. The summed E-state index contributed by atoms with van der Waals surface area (Å²) in [5.74, 6) is -2.58. The second-order valence-corrected chi connectivity index (χ2v) is 9.38. The number of nitrogens with one attached hydrogen (secondary N) is 1. The smallest absolute Gasteiger partial charge is 0.303 e. The van der Waals surface area contributed by atoms with Crippen LogP contribution >= 0.6 is 0 Å². The van der Waals surface area contributed by atoms with Gasteiger partial charge >= 0.3 is 17.9 Å². The molecule has 0 bridgehead atoms. The first-order valence-electron chi connectivity index (χ1n) is 10.8. The van der Waals surface area contributed by atoms with Crippen molar-refractivity contribution in [1.29, 1.82) is 0 Å². The minimum atomic E-state index is -4.06. The van der Waals surface area contributed by atoms with Crippen LogP contribution in [0.3, 0.4) is 0 Å². The minimum absolute atomic E-state index is 0.0385. The van der Waals surface area contributed by atoms with E-state index in [2.05, 4.69) is 5.32 Å². The first-order chi connectivity index (χ1) is 16.4. The Balaban J connectivity index is 2.30. The Morgan fingerprint density at radius 1 is 0.886 bits per heavy atom. The quantitative estimate of drug-likeness (QED) is 0.262. The van der Waals surface area contributed by atoms with Crippen molar-refractivity contribution in [3.8, 4) is 0 Å². The molecule has 1 aliphatic rings. The lowest BCUT2D eigenvalue weighted by molar-refractivity contribution is -0.225. The SMILES string of the molecule is CC(=O)N[C@@H]1[C@@H](OC(C)=O)[C@@H](OC(C)=O)[C@@H](COC(C)=O)O[C@@H]1CCOS(=O)(=O)c1ccccc1. The fourth-order valence-electron chi connectivity index (χ4n) is 3.60. The van der Waals surface area contributed by atoms with E-state index < -0.39 is 64.4 Å². The van der Waals surface area contributed by atoms with E-state index in [0.29, 0.717) is 0 Å². The third-order valence-electron chi connectivity index (χ3n) is 4.89. The largest absolute Gasteiger partial charge is 0.463 e. The van der Waals surface area contributed by atoms with Crippen LogP contribution in [0.5, 0.6) is 0 Å². The molecule has 0 radical (unpaired) electrons. The molecule has 1 aromatic rings. The molecule has 12 nitrogen and oxygen atoms in total. The third-order valence-corrected chi connectivity index (χ3v) is 6.22. The van der Waals surface area contributed by atoms with Gasteiger partial charge in [-0.1, -0.05) is 18.2 Å². The molecule has 0 aromatic heterocycles. The standard InChI is InChI=1S/C22H29NO11S/c1-13(24)23-20-18(10-11-31-35(28,29)17-8-6-5-7-9-17)34-19(12-30-14(2)25)21(32-15(3)26)22(20)33-16(4)27/h5-9,18-22H,10-12H2,1-4H3,(H,23,24)/t18-,19-,20+,21+,22-/m1/s1. The molecule has 1 fully saturated rings. The molecule has 194 valence electrons. The van der Waals surface area contributed by atoms with Crippen LogP contribution in [0.4, 0.5) is 0 Å². The summed E-state index contributed by atoms with van der Waals surface area (Å²) in [6.45, 7) is 3.98. The van der Waals surface area contributed by atoms with Crippen LogP contribution in [-0.2, 0) is 52.4 Å². The maximum Gasteiger partial charge on any atom is 0.303 e. The first kappa shape index (κ1) is 28.2. The predicted octanol–water partition coefficient (Wildman–Crippen LogP) is 0.481. The van der Waals surface area contributed by atoms with Gasteiger partial charge in [-0.25, -0.2) is 0 Å². The van der Waals surface area contributed by atoms with E-state index in [9.17, 15) is 27.6 Å². The fraction of sp³-hybridized carbons (Fsp3) is 0.545. The number of amides is 1. The highest BCUT2D eigenvalue weighted by molar-refractivity contribution is 7.86. The lowest BCUT2D eigenvalue weighted by Crippen LogP contribution is -2.66. The molecule has 0 saturated carbocycles. The number of benzene rings is 1. The zero-order valence-corrected chi connectivity index (χ0v) is 20.6. The van der Waals surface area contributed by atoms with Crippen LogP contribution in [0.1, 0.15) is 34.1 Å². The topological polar surface area (TPSA) is 161 Å². The second-order valence-electron chi connectivity index (χ2n) is 7.77. The van der Waals surface area contributed by atoms with Crippen molar-refractivity contribution < 1.29 is 50.7 Å². The molecular formula is C22H29NO11S. The number of esters is 3. The van der Waals surface area contributed by atoms with Crippen molar-refractivity contribution in [2.24, 2.45) is 0 Å². The van der Waals surface area contributed by atoms with E-state index in [1.165, 1.54) is 26.0 Å². The molecule has 0 spiro atoms. The van der Waals surface area contributed by atoms with Crippen LogP contribution in [0, 0.1) is 0 Å².